The summed E-state index contributed by atoms with van der Waals surface area (Å²) in [6, 6.07) is 19.6. The van der Waals surface area contributed by atoms with Crippen LogP contribution < -0.4 is 10.6 Å². The van der Waals surface area contributed by atoms with Gasteiger partial charge in [0.15, 0.2) is 0 Å². The van der Waals surface area contributed by atoms with Crippen molar-refractivity contribution < 1.29 is 26.1 Å². The largest absolute Gasteiger partial charge is 2.00 e. The van der Waals surface area contributed by atoms with Gasteiger partial charge in [-0.25, -0.2) is 0 Å². The fraction of sp³-hybridized carbons (Fsp3) is 0.417. The van der Waals surface area contributed by atoms with Crippen LogP contribution in [0, 0.1) is 0 Å². The van der Waals surface area contributed by atoms with Crippen molar-refractivity contribution in [1.82, 2.24) is 10.6 Å². The van der Waals surface area contributed by atoms with Gasteiger partial charge in [0, 0.05) is 6.42 Å². The van der Waals surface area contributed by atoms with Crippen LogP contribution >= 0.6 is 0 Å². The summed E-state index contributed by atoms with van der Waals surface area (Å²) in [5.41, 5.74) is 2.25. The minimum Gasteiger partial charge on any atom is -0.649 e. The summed E-state index contributed by atoms with van der Waals surface area (Å²) >= 11 is 0. The van der Waals surface area contributed by atoms with E-state index in [1.54, 1.807) is 0 Å². The molecule has 2 atom stereocenters. The van der Waals surface area contributed by atoms with E-state index >= 15 is 0 Å². The first-order chi connectivity index (χ1) is 14.7. The number of hydrogen-bond donors (Lipinski definition) is 2. The molecule has 1 fully saturated rings. The molecule has 2 aromatic rings. The van der Waals surface area contributed by atoms with Gasteiger partial charge in [0.2, 0.25) is 0 Å². The molecule has 1 saturated heterocycles. The first-order valence-electron chi connectivity index (χ1n) is 10.7. The summed E-state index contributed by atoms with van der Waals surface area (Å²) in [6.07, 6.45) is 2.02. The maximum atomic E-state index is 12.4. The first-order valence-corrected chi connectivity index (χ1v) is 10.7. The summed E-state index contributed by atoms with van der Waals surface area (Å²) in [7, 11) is 0. The van der Waals surface area contributed by atoms with E-state index in [9.17, 15) is 9.59 Å². The molecule has 0 saturated carbocycles. The third kappa shape index (κ3) is 9.64. The van der Waals surface area contributed by atoms with Crippen molar-refractivity contribution in [2.45, 2.75) is 37.8 Å². The van der Waals surface area contributed by atoms with Crippen molar-refractivity contribution >= 4 is 11.8 Å². The summed E-state index contributed by atoms with van der Waals surface area (Å²) in [4.78, 5) is 24.9. The molecule has 1 aliphatic heterocycles. The van der Waals surface area contributed by atoms with Gasteiger partial charge in [-0.1, -0.05) is 72.7 Å². The zero-order chi connectivity index (χ0) is 21.0. The average Bonchev–Trinajstić information content (AvgIpc) is 2.73. The average molecular weight is 465 g/mol. The predicted molar refractivity (Wildman–Crippen MR) is 120 cm³/mol. The fourth-order valence-electron chi connectivity index (χ4n) is 3.60. The molecule has 0 unspecified atom stereocenters. The molecule has 0 bridgehead atoms. The molecule has 2 amide bonds. The van der Waals surface area contributed by atoms with Crippen molar-refractivity contribution in [2.24, 2.45) is 0 Å². The molecular formula is C24H30N4NiO2. The number of carbonyl (C=O) groups is 2. The molecule has 7 heteroatoms. The van der Waals surface area contributed by atoms with Crippen LogP contribution in [-0.4, -0.2) is 50.1 Å². The summed E-state index contributed by atoms with van der Waals surface area (Å²) < 4.78 is 0. The minimum absolute atomic E-state index is 0. The van der Waals surface area contributed by atoms with Crippen molar-refractivity contribution in [3.05, 3.63) is 82.4 Å². The van der Waals surface area contributed by atoms with Crippen LogP contribution in [0.3, 0.4) is 0 Å². The van der Waals surface area contributed by atoms with Crippen molar-refractivity contribution in [2.75, 3.05) is 26.2 Å². The summed E-state index contributed by atoms with van der Waals surface area (Å²) in [5, 5.41) is 15.4. The minimum atomic E-state index is -0.394. The maximum absolute atomic E-state index is 12.4. The molecule has 0 radical (unpaired) electrons. The van der Waals surface area contributed by atoms with E-state index in [1.807, 2.05) is 60.7 Å². The Morgan fingerprint density at radius 3 is 1.55 bits per heavy atom. The fourth-order valence-corrected chi connectivity index (χ4v) is 3.60. The Hall–Kier alpha value is -2.21. The van der Waals surface area contributed by atoms with Gasteiger partial charge < -0.3 is 30.9 Å². The van der Waals surface area contributed by atoms with Gasteiger partial charge in [-0.3, -0.25) is 0 Å². The van der Waals surface area contributed by atoms with E-state index in [-0.39, 0.29) is 35.0 Å². The monoisotopic (exact) mass is 464 g/mol. The van der Waals surface area contributed by atoms with Gasteiger partial charge in [-0.15, -0.1) is 0 Å². The van der Waals surface area contributed by atoms with Gasteiger partial charge in [0.25, 0.3) is 0 Å². The van der Waals surface area contributed by atoms with Gasteiger partial charge in [-0.05, 0) is 56.6 Å². The van der Waals surface area contributed by atoms with E-state index in [4.69, 9.17) is 0 Å². The zero-order valence-electron chi connectivity index (χ0n) is 17.6. The van der Waals surface area contributed by atoms with Crippen molar-refractivity contribution in [3.63, 3.8) is 0 Å². The molecule has 31 heavy (non-hydrogen) atoms. The first kappa shape index (κ1) is 25.1. The molecule has 0 spiro atoms. The number of nitrogens with zero attached hydrogens (tertiary/aromatic N) is 2. The van der Waals surface area contributed by atoms with Crippen LogP contribution in [0.1, 0.15) is 24.0 Å². The van der Waals surface area contributed by atoms with Gasteiger partial charge in [0.1, 0.15) is 0 Å². The second-order valence-electron chi connectivity index (χ2n) is 7.67. The van der Waals surface area contributed by atoms with Gasteiger partial charge >= 0.3 is 16.5 Å². The SMILES string of the molecule is O=C1CC(=O)[N-][C@@H](Cc2ccccc2)CNCCCNC[C@H](Cc2ccccc2)[N-]1.[Ni+2]. The molecule has 0 aliphatic carbocycles. The van der Waals surface area contributed by atoms with Crippen LogP contribution in [0.4, 0.5) is 0 Å². The van der Waals surface area contributed by atoms with Gasteiger partial charge in [-0.2, -0.15) is 0 Å². The van der Waals surface area contributed by atoms with Gasteiger partial charge in [0.05, 0.1) is 11.8 Å². The number of hydrogen-bond acceptors (Lipinski definition) is 4. The Balaban J connectivity index is 0.00000341. The van der Waals surface area contributed by atoms with E-state index < -0.39 is 11.8 Å². The van der Waals surface area contributed by atoms with E-state index in [2.05, 4.69) is 21.3 Å². The Morgan fingerprint density at radius 1 is 0.710 bits per heavy atom. The van der Waals surface area contributed by atoms with Crippen molar-refractivity contribution in [3.8, 4) is 0 Å². The second-order valence-corrected chi connectivity index (χ2v) is 7.67. The quantitative estimate of drug-likeness (QED) is 0.537. The third-order valence-electron chi connectivity index (χ3n) is 5.05. The number of rotatable bonds is 4. The predicted octanol–water partition coefficient (Wildman–Crippen LogP) is 2.98. The number of amides is 2. The Bertz CT molecular complexity index is 723. The van der Waals surface area contributed by atoms with E-state index in [0.29, 0.717) is 25.9 Å². The molecule has 1 aliphatic rings. The number of carbonyl (C=O) groups excluding carboxylic acids is 2. The Labute approximate surface area is 194 Å². The molecule has 2 N–H and O–H groups in total. The molecule has 3 rings (SSSR count). The molecule has 1 heterocycles. The third-order valence-corrected chi connectivity index (χ3v) is 5.05. The standard InChI is InChI=1S/C24H32N4O2.Ni/c29-23-16-24(30)28-22(15-20-10-5-2-6-11-20)18-26-13-7-12-25-17-21(27-23)14-19-8-3-1-4-9-19;/h1-6,8-11,21-22,25-26H,7,12-18H2,(H2,27,28,29,30);/q;+2/p-2/t21-,22-;/m0./s1. The van der Waals surface area contributed by atoms with Crippen LogP contribution in [0.2, 0.25) is 0 Å². The van der Waals surface area contributed by atoms with Crippen molar-refractivity contribution in [1.29, 1.82) is 0 Å². The topological polar surface area (TPSA) is 86.4 Å². The Morgan fingerprint density at radius 2 is 1.13 bits per heavy atom. The number of nitrogens with one attached hydrogen (secondary N) is 2. The zero-order valence-corrected chi connectivity index (χ0v) is 18.6. The van der Waals surface area contributed by atoms with Crippen LogP contribution in [-0.2, 0) is 38.9 Å². The molecule has 2 aromatic carbocycles. The smallest absolute Gasteiger partial charge is 0.649 e. The van der Waals surface area contributed by atoms with Crippen LogP contribution in [0.5, 0.6) is 0 Å². The molecular weight excluding hydrogens is 435 g/mol. The van der Waals surface area contributed by atoms with E-state index in [0.717, 1.165) is 30.6 Å². The Kier molecular flexibility index (Phi) is 11.3. The van der Waals surface area contributed by atoms with E-state index in [1.165, 1.54) is 0 Å². The molecule has 168 valence electrons. The normalized spacial score (nSPS) is 21.2. The van der Waals surface area contributed by atoms with Crippen LogP contribution in [0.15, 0.2) is 60.7 Å². The number of benzene rings is 2. The maximum Gasteiger partial charge on any atom is 2.00 e. The second kappa shape index (κ2) is 14.0. The molecule has 0 aromatic heterocycles. The molecule has 6 nitrogen and oxygen atoms in total. The van der Waals surface area contributed by atoms with Crippen LogP contribution in [0.25, 0.3) is 10.6 Å². The summed E-state index contributed by atoms with van der Waals surface area (Å²) in [5.74, 6) is -0.787. The summed E-state index contributed by atoms with van der Waals surface area (Å²) in [6.45, 7) is 2.92.